The molecule has 0 heterocycles. The number of hydrogen-bond acceptors (Lipinski definition) is 5. The number of carbonyl (C=O) groups excluding carboxylic acids is 1. The SMILES string of the molecule is CCOC(CCNC(=O)[C@H](O)C(C)(C)CO)OCC. The molecule has 0 aromatic carbocycles. The zero-order valence-electron chi connectivity index (χ0n) is 12.3. The standard InChI is InChI=1S/C13H27NO5/c1-5-18-10(19-6-2)7-8-14-12(17)11(16)13(3,4)9-15/h10-11,15-16H,5-9H2,1-4H3,(H,14,17)/t11-/m0/s1. The number of carbonyl (C=O) groups is 1. The fourth-order valence-electron chi connectivity index (χ4n) is 1.44. The number of aliphatic hydroxyl groups is 2. The Morgan fingerprint density at radius 2 is 1.79 bits per heavy atom. The van der Waals surface area contributed by atoms with Gasteiger partial charge in [0.25, 0.3) is 0 Å². The molecular weight excluding hydrogens is 250 g/mol. The van der Waals surface area contributed by atoms with Crippen molar-refractivity contribution in [2.45, 2.75) is 46.5 Å². The summed E-state index contributed by atoms with van der Waals surface area (Å²) < 4.78 is 10.7. The number of rotatable bonds is 10. The van der Waals surface area contributed by atoms with Gasteiger partial charge < -0.3 is 25.0 Å². The first-order valence-corrected chi connectivity index (χ1v) is 6.68. The summed E-state index contributed by atoms with van der Waals surface area (Å²) in [7, 11) is 0. The smallest absolute Gasteiger partial charge is 0.249 e. The third kappa shape index (κ3) is 6.87. The number of hydrogen-bond donors (Lipinski definition) is 3. The van der Waals surface area contributed by atoms with Gasteiger partial charge in [0, 0.05) is 31.6 Å². The fourth-order valence-corrected chi connectivity index (χ4v) is 1.44. The quantitative estimate of drug-likeness (QED) is 0.499. The van der Waals surface area contributed by atoms with Gasteiger partial charge >= 0.3 is 0 Å². The lowest BCUT2D eigenvalue weighted by molar-refractivity contribution is -0.143. The van der Waals surface area contributed by atoms with Crippen LogP contribution >= 0.6 is 0 Å². The lowest BCUT2D eigenvalue weighted by atomic mass is 9.87. The normalized spacial score (nSPS) is 13.6. The van der Waals surface area contributed by atoms with Crippen LogP contribution < -0.4 is 5.32 Å². The Hall–Kier alpha value is -0.690. The summed E-state index contributed by atoms with van der Waals surface area (Å²) in [5.41, 5.74) is -0.858. The van der Waals surface area contributed by atoms with Crippen molar-refractivity contribution < 1.29 is 24.5 Å². The second-order valence-corrected chi connectivity index (χ2v) is 4.97. The Morgan fingerprint density at radius 1 is 1.26 bits per heavy atom. The third-order valence-electron chi connectivity index (χ3n) is 2.78. The Labute approximate surface area is 115 Å². The summed E-state index contributed by atoms with van der Waals surface area (Å²) in [6.45, 7) is 8.17. The average Bonchev–Trinajstić information content (AvgIpc) is 2.38. The molecule has 0 fully saturated rings. The first-order chi connectivity index (χ1) is 8.88. The minimum absolute atomic E-state index is 0.262. The second-order valence-electron chi connectivity index (χ2n) is 4.97. The molecule has 0 rings (SSSR count). The van der Waals surface area contributed by atoms with E-state index in [2.05, 4.69) is 5.32 Å². The van der Waals surface area contributed by atoms with Crippen molar-refractivity contribution in [2.75, 3.05) is 26.4 Å². The molecule has 0 radical (unpaired) electrons. The van der Waals surface area contributed by atoms with Gasteiger partial charge in [-0.25, -0.2) is 0 Å². The van der Waals surface area contributed by atoms with Gasteiger partial charge in [-0.2, -0.15) is 0 Å². The molecule has 0 aromatic rings. The highest BCUT2D eigenvalue weighted by molar-refractivity contribution is 5.81. The van der Waals surface area contributed by atoms with E-state index in [0.717, 1.165) is 0 Å². The van der Waals surface area contributed by atoms with Gasteiger partial charge in [0.1, 0.15) is 6.10 Å². The molecule has 0 aliphatic carbocycles. The number of amides is 1. The van der Waals surface area contributed by atoms with Crippen LogP contribution in [-0.4, -0.2) is 54.9 Å². The topological polar surface area (TPSA) is 88.0 Å². The summed E-state index contributed by atoms with van der Waals surface area (Å²) in [5.74, 6) is -0.495. The molecule has 1 amide bonds. The van der Waals surface area contributed by atoms with Crippen molar-refractivity contribution in [3.8, 4) is 0 Å². The summed E-state index contributed by atoms with van der Waals surface area (Å²) in [4.78, 5) is 11.7. The molecule has 0 spiro atoms. The molecule has 6 heteroatoms. The van der Waals surface area contributed by atoms with E-state index in [1.54, 1.807) is 13.8 Å². The minimum atomic E-state index is -1.24. The molecule has 19 heavy (non-hydrogen) atoms. The molecule has 6 nitrogen and oxygen atoms in total. The highest BCUT2D eigenvalue weighted by atomic mass is 16.7. The van der Waals surface area contributed by atoms with Gasteiger partial charge in [-0.15, -0.1) is 0 Å². The van der Waals surface area contributed by atoms with E-state index in [1.165, 1.54) is 0 Å². The van der Waals surface area contributed by atoms with E-state index in [0.29, 0.717) is 26.2 Å². The van der Waals surface area contributed by atoms with Gasteiger partial charge in [0.2, 0.25) is 5.91 Å². The minimum Gasteiger partial charge on any atom is -0.396 e. The molecule has 0 bridgehead atoms. The van der Waals surface area contributed by atoms with Crippen LogP contribution in [0.2, 0.25) is 0 Å². The Balaban J connectivity index is 4.08. The van der Waals surface area contributed by atoms with Crippen LogP contribution in [0.25, 0.3) is 0 Å². The second kappa shape index (κ2) is 9.25. The molecule has 0 saturated heterocycles. The predicted molar refractivity (Wildman–Crippen MR) is 71.5 cm³/mol. The van der Waals surface area contributed by atoms with Crippen molar-refractivity contribution in [3.05, 3.63) is 0 Å². The number of aliphatic hydroxyl groups excluding tert-OH is 2. The van der Waals surface area contributed by atoms with Crippen LogP contribution in [0.3, 0.4) is 0 Å². The Morgan fingerprint density at radius 3 is 2.21 bits per heavy atom. The maximum Gasteiger partial charge on any atom is 0.249 e. The summed E-state index contributed by atoms with van der Waals surface area (Å²) in [6, 6.07) is 0. The molecule has 0 saturated carbocycles. The van der Waals surface area contributed by atoms with Crippen LogP contribution in [0.5, 0.6) is 0 Å². The van der Waals surface area contributed by atoms with Crippen LogP contribution in [-0.2, 0) is 14.3 Å². The number of nitrogens with one attached hydrogen (secondary N) is 1. The molecule has 0 unspecified atom stereocenters. The molecule has 0 aliphatic heterocycles. The summed E-state index contributed by atoms with van der Waals surface area (Å²) in [6.07, 6.45) is -1.08. The summed E-state index contributed by atoms with van der Waals surface area (Å²) in [5, 5.41) is 21.5. The van der Waals surface area contributed by atoms with E-state index < -0.39 is 17.4 Å². The molecule has 0 aliphatic rings. The van der Waals surface area contributed by atoms with Crippen molar-refractivity contribution in [1.29, 1.82) is 0 Å². The van der Waals surface area contributed by atoms with E-state index in [1.807, 2.05) is 13.8 Å². The highest BCUT2D eigenvalue weighted by Gasteiger charge is 2.32. The fraction of sp³-hybridized carbons (Fsp3) is 0.923. The monoisotopic (exact) mass is 277 g/mol. The van der Waals surface area contributed by atoms with E-state index >= 15 is 0 Å². The van der Waals surface area contributed by atoms with Crippen LogP contribution in [0.4, 0.5) is 0 Å². The molecule has 0 aromatic heterocycles. The lowest BCUT2D eigenvalue weighted by Crippen LogP contribution is -2.46. The van der Waals surface area contributed by atoms with Crippen LogP contribution in [0.15, 0.2) is 0 Å². The molecule has 1 atom stereocenters. The Kier molecular flexibility index (Phi) is 8.92. The third-order valence-corrected chi connectivity index (χ3v) is 2.78. The van der Waals surface area contributed by atoms with Gasteiger partial charge in [0.05, 0.1) is 6.61 Å². The number of ether oxygens (including phenoxy) is 2. The molecule has 114 valence electrons. The van der Waals surface area contributed by atoms with Crippen molar-refractivity contribution in [3.63, 3.8) is 0 Å². The van der Waals surface area contributed by atoms with Crippen molar-refractivity contribution in [1.82, 2.24) is 5.32 Å². The summed E-state index contributed by atoms with van der Waals surface area (Å²) >= 11 is 0. The van der Waals surface area contributed by atoms with Crippen molar-refractivity contribution in [2.24, 2.45) is 5.41 Å². The molecule has 3 N–H and O–H groups in total. The molecular formula is C13H27NO5. The first kappa shape index (κ1) is 18.3. The zero-order valence-corrected chi connectivity index (χ0v) is 12.3. The van der Waals surface area contributed by atoms with Gasteiger partial charge in [-0.05, 0) is 13.8 Å². The maximum absolute atomic E-state index is 11.7. The van der Waals surface area contributed by atoms with E-state index in [9.17, 15) is 9.90 Å². The maximum atomic E-state index is 11.7. The average molecular weight is 277 g/mol. The zero-order chi connectivity index (χ0) is 14.9. The van der Waals surface area contributed by atoms with Crippen LogP contribution in [0.1, 0.15) is 34.1 Å². The highest BCUT2D eigenvalue weighted by Crippen LogP contribution is 2.19. The largest absolute Gasteiger partial charge is 0.396 e. The van der Waals surface area contributed by atoms with E-state index in [4.69, 9.17) is 14.6 Å². The Bertz CT molecular complexity index is 251. The van der Waals surface area contributed by atoms with Gasteiger partial charge in [-0.3, -0.25) is 4.79 Å². The van der Waals surface area contributed by atoms with Gasteiger partial charge in [-0.1, -0.05) is 13.8 Å². The van der Waals surface area contributed by atoms with Gasteiger partial charge in [0.15, 0.2) is 6.29 Å². The van der Waals surface area contributed by atoms with Crippen molar-refractivity contribution >= 4 is 5.91 Å². The van der Waals surface area contributed by atoms with Crippen LogP contribution in [0, 0.1) is 5.41 Å². The van der Waals surface area contributed by atoms with E-state index in [-0.39, 0.29) is 12.9 Å². The first-order valence-electron chi connectivity index (χ1n) is 6.68. The lowest BCUT2D eigenvalue weighted by Gasteiger charge is -2.27. The predicted octanol–water partition coefficient (Wildman–Crippen LogP) is 0.271.